The van der Waals surface area contributed by atoms with E-state index in [0.717, 1.165) is 16.2 Å². The number of nitrogen functional groups attached to an aromatic ring is 1. The van der Waals surface area contributed by atoms with Crippen LogP contribution in [-0.2, 0) is 0 Å². The topological polar surface area (TPSA) is 43.8 Å². The minimum absolute atomic E-state index is 0.503. The van der Waals surface area contributed by atoms with Gasteiger partial charge in [-0.15, -0.1) is 0 Å². The van der Waals surface area contributed by atoms with Crippen LogP contribution in [0.5, 0.6) is 0 Å². The fourth-order valence-electron chi connectivity index (χ4n) is 2.65. The Morgan fingerprint density at radius 2 is 2.25 bits per heavy atom. The molecule has 0 aliphatic heterocycles. The number of nitrogens with two attached hydrogens (primary N) is 1. The van der Waals surface area contributed by atoms with Crippen molar-refractivity contribution in [2.24, 2.45) is 5.92 Å². The molecule has 1 heterocycles. The number of nitrogens with zero attached hydrogens (tertiary/aromatic N) is 2. The van der Waals surface area contributed by atoms with Crippen molar-refractivity contribution in [2.45, 2.75) is 51.5 Å². The number of aromatic nitrogens is 2. The van der Waals surface area contributed by atoms with Crippen LogP contribution in [0.25, 0.3) is 0 Å². The molecule has 1 fully saturated rings. The molecule has 4 heteroatoms. The van der Waals surface area contributed by atoms with Gasteiger partial charge in [0.1, 0.15) is 5.82 Å². The lowest BCUT2D eigenvalue weighted by atomic mass is 9.98. The summed E-state index contributed by atoms with van der Waals surface area (Å²) in [5.74, 6) is 1.69. The maximum atomic E-state index is 6.01. The van der Waals surface area contributed by atoms with Gasteiger partial charge in [0.2, 0.25) is 0 Å². The van der Waals surface area contributed by atoms with Crippen LogP contribution in [0.1, 0.15) is 51.5 Å². The van der Waals surface area contributed by atoms with Crippen LogP contribution in [0, 0.1) is 5.92 Å². The van der Waals surface area contributed by atoms with Crippen molar-refractivity contribution in [1.82, 2.24) is 9.78 Å². The van der Waals surface area contributed by atoms with Crippen molar-refractivity contribution in [1.29, 1.82) is 0 Å². The van der Waals surface area contributed by atoms with E-state index in [1.807, 2.05) is 4.68 Å². The molecule has 2 rings (SSSR count). The Balaban J connectivity index is 2.07. The van der Waals surface area contributed by atoms with E-state index in [4.69, 9.17) is 5.73 Å². The van der Waals surface area contributed by atoms with E-state index in [1.54, 1.807) is 6.20 Å². The molecule has 1 aliphatic carbocycles. The molecule has 90 valence electrons. The fourth-order valence-corrected chi connectivity index (χ4v) is 2.93. The summed E-state index contributed by atoms with van der Waals surface area (Å²) < 4.78 is 2.92. The van der Waals surface area contributed by atoms with Gasteiger partial charge in [-0.25, -0.2) is 4.68 Å². The molecule has 0 bridgehead atoms. The standard InChI is InChI=1S/C12H20BrN3/c1-2-9-4-3-5-10(7-6-9)16-12(14)11(13)8-15-16/h8-10H,2-7,14H2,1H3. The highest BCUT2D eigenvalue weighted by molar-refractivity contribution is 9.10. The first-order valence-electron chi connectivity index (χ1n) is 6.20. The third-order valence-electron chi connectivity index (χ3n) is 3.77. The van der Waals surface area contributed by atoms with Crippen molar-refractivity contribution < 1.29 is 0 Å². The molecule has 16 heavy (non-hydrogen) atoms. The highest BCUT2D eigenvalue weighted by Gasteiger charge is 2.21. The highest BCUT2D eigenvalue weighted by Crippen LogP contribution is 2.34. The van der Waals surface area contributed by atoms with Gasteiger partial charge in [0.05, 0.1) is 16.7 Å². The quantitative estimate of drug-likeness (QED) is 0.841. The summed E-state index contributed by atoms with van der Waals surface area (Å²) in [5.41, 5.74) is 6.01. The Morgan fingerprint density at radius 1 is 1.44 bits per heavy atom. The summed E-state index contributed by atoms with van der Waals surface area (Å²) in [5, 5.41) is 4.38. The zero-order valence-corrected chi connectivity index (χ0v) is 11.4. The van der Waals surface area contributed by atoms with E-state index in [9.17, 15) is 0 Å². The zero-order valence-electron chi connectivity index (χ0n) is 9.82. The van der Waals surface area contributed by atoms with Crippen LogP contribution in [0.15, 0.2) is 10.7 Å². The second-order valence-corrected chi connectivity index (χ2v) is 5.61. The Kier molecular flexibility index (Phi) is 3.90. The third-order valence-corrected chi connectivity index (χ3v) is 4.38. The lowest BCUT2D eigenvalue weighted by Crippen LogP contribution is -2.12. The third kappa shape index (κ3) is 2.42. The second-order valence-electron chi connectivity index (χ2n) is 4.76. The maximum absolute atomic E-state index is 6.01. The molecule has 2 unspecified atom stereocenters. The Morgan fingerprint density at radius 3 is 2.88 bits per heavy atom. The highest BCUT2D eigenvalue weighted by atomic mass is 79.9. The monoisotopic (exact) mass is 285 g/mol. The molecule has 1 aromatic rings. The van der Waals surface area contributed by atoms with E-state index >= 15 is 0 Å². The van der Waals surface area contributed by atoms with Crippen LogP contribution >= 0.6 is 15.9 Å². The molecule has 0 aromatic carbocycles. The second kappa shape index (κ2) is 5.21. The lowest BCUT2D eigenvalue weighted by Gasteiger charge is -2.16. The maximum Gasteiger partial charge on any atom is 0.136 e. The van der Waals surface area contributed by atoms with E-state index in [1.165, 1.54) is 38.5 Å². The molecule has 0 spiro atoms. The Hall–Kier alpha value is -0.510. The minimum Gasteiger partial charge on any atom is -0.383 e. The Bertz CT molecular complexity index is 348. The van der Waals surface area contributed by atoms with Crippen LogP contribution in [0.4, 0.5) is 5.82 Å². The molecule has 2 N–H and O–H groups in total. The van der Waals surface area contributed by atoms with Gasteiger partial charge in [-0.1, -0.05) is 26.2 Å². The fraction of sp³-hybridized carbons (Fsp3) is 0.750. The summed E-state index contributed by atoms with van der Waals surface area (Å²) >= 11 is 3.42. The van der Waals surface area contributed by atoms with Crippen LogP contribution in [0.2, 0.25) is 0 Å². The first kappa shape index (κ1) is 12.0. The van der Waals surface area contributed by atoms with Gasteiger partial charge in [-0.05, 0) is 41.1 Å². The van der Waals surface area contributed by atoms with Gasteiger partial charge in [-0.3, -0.25) is 0 Å². The number of rotatable bonds is 2. The number of hydrogen-bond acceptors (Lipinski definition) is 2. The first-order chi connectivity index (χ1) is 7.72. The van der Waals surface area contributed by atoms with Gasteiger partial charge < -0.3 is 5.73 Å². The van der Waals surface area contributed by atoms with Gasteiger partial charge in [0.25, 0.3) is 0 Å². The Labute approximate surface area is 106 Å². The summed E-state index contributed by atoms with van der Waals surface area (Å²) in [4.78, 5) is 0. The van der Waals surface area contributed by atoms with Gasteiger partial charge in [0, 0.05) is 0 Å². The molecule has 3 nitrogen and oxygen atoms in total. The van der Waals surface area contributed by atoms with Crippen LogP contribution < -0.4 is 5.73 Å². The van der Waals surface area contributed by atoms with Crippen molar-refractivity contribution in [3.05, 3.63) is 10.7 Å². The number of halogens is 1. The summed E-state index contributed by atoms with van der Waals surface area (Å²) in [6.07, 6.45) is 9.54. The number of hydrogen-bond donors (Lipinski definition) is 1. The predicted octanol–water partition coefficient (Wildman–Crippen LogP) is 3.76. The summed E-state index contributed by atoms with van der Waals surface area (Å²) in [7, 11) is 0. The van der Waals surface area contributed by atoms with Crippen molar-refractivity contribution in [2.75, 3.05) is 5.73 Å². The van der Waals surface area contributed by atoms with Crippen molar-refractivity contribution >= 4 is 21.7 Å². The average molecular weight is 286 g/mol. The normalized spacial score (nSPS) is 26.6. The largest absolute Gasteiger partial charge is 0.383 e. The molecule has 0 amide bonds. The molecule has 0 saturated heterocycles. The van der Waals surface area contributed by atoms with Crippen LogP contribution in [0.3, 0.4) is 0 Å². The molecule has 1 aliphatic rings. The number of anilines is 1. The average Bonchev–Trinajstić information content (AvgIpc) is 2.55. The van der Waals surface area contributed by atoms with Crippen molar-refractivity contribution in [3.8, 4) is 0 Å². The molecular weight excluding hydrogens is 266 g/mol. The van der Waals surface area contributed by atoms with Crippen LogP contribution in [-0.4, -0.2) is 9.78 Å². The van der Waals surface area contributed by atoms with E-state index in [2.05, 4.69) is 28.0 Å². The first-order valence-corrected chi connectivity index (χ1v) is 7.00. The minimum atomic E-state index is 0.503. The summed E-state index contributed by atoms with van der Waals surface area (Å²) in [6.45, 7) is 2.30. The van der Waals surface area contributed by atoms with Gasteiger partial charge in [-0.2, -0.15) is 5.10 Å². The smallest absolute Gasteiger partial charge is 0.136 e. The lowest BCUT2D eigenvalue weighted by molar-refractivity contribution is 0.394. The van der Waals surface area contributed by atoms with E-state index < -0.39 is 0 Å². The molecule has 0 radical (unpaired) electrons. The predicted molar refractivity (Wildman–Crippen MR) is 70.2 cm³/mol. The van der Waals surface area contributed by atoms with Gasteiger partial charge in [0.15, 0.2) is 0 Å². The SMILES string of the molecule is CCC1CCCC(n2ncc(Br)c2N)CC1. The molecular formula is C12H20BrN3. The van der Waals surface area contributed by atoms with Crippen molar-refractivity contribution in [3.63, 3.8) is 0 Å². The molecule has 1 saturated carbocycles. The van der Waals surface area contributed by atoms with Gasteiger partial charge >= 0.3 is 0 Å². The molecule has 2 atom stereocenters. The van der Waals surface area contributed by atoms with E-state index in [-0.39, 0.29) is 0 Å². The molecule has 1 aromatic heterocycles. The summed E-state index contributed by atoms with van der Waals surface area (Å²) in [6, 6.07) is 0.503. The van der Waals surface area contributed by atoms with E-state index in [0.29, 0.717) is 6.04 Å². The zero-order chi connectivity index (χ0) is 11.5.